The number of guanidine groups is 1. The number of nitrogens with two attached hydrogens (primary N) is 1. The van der Waals surface area contributed by atoms with Gasteiger partial charge in [-0.15, -0.1) is 0 Å². The number of amides is 3. The van der Waals surface area contributed by atoms with Crippen LogP contribution in [-0.4, -0.2) is 69.4 Å². The zero-order valence-corrected chi connectivity index (χ0v) is 19.7. The number of nitrogens with zero attached hydrogens (tertiary/aromatic N) is 2. The van der Waals surface area contributed by atoms with Crippen molar-refractivity contribution < 1.29 is 29.4 Å². The van der Waals surface area contributed by atoms with Crippen LogP contribution in [0.2, 0.25) is 0 Å². The first-order chi connectivity index (χ1) is 16.0. The first kappa shape index (κ1) is 26.6. The van der Waals surface area contributed by atoms with Gasteiger partial charge in [0.2, 0.25) is 17.7 Å². The zero-order chi connectivity index (χ0) is 25.4. The monoisotopic (exact) mass is 475 g/mol. The topological polar surface area (TPSA) is 174 Å². The van der Waals surface area contributed by atoms with E-state index in [0.29, 0.717) is 24.9 Å². The molecule has 6 N–H and O–H groups in total. The molecule has 0 bridgehead atoms. The number of aliphatic imine (C=N–C) groups is 1. The Morgan fingerprint density at radius 3 is 2.41 bits per heavy atom. The van der Waals surface area contributed by atoms with Crippen LogP contribution in [0.1, 0.15) is 45.6 Å². The summed E-state index contributed by atoms with van der Waals surface area (Å²) in [5, 5.41) is 23.9. The van der Waals surface area contributed by atoms with Crippen LogP contribution in [0, 0.1) is 5.92 Å². The number of aromatic hydroxyl groups is 1. The average Bonchev–Trinajstić information content (AvgIpc) is 3.24. The highest BCUT2D eigenvalue weighted by atomic mass is 16.4. The number of carbonyl (C=O) groups is 4. The van der Waals surface area contributed by atoms with Crippen LogP contribution < -0.4 is 16.4 Å². The molecule has 2 rings (SSSR count). The SMILES string of the molecule is CC(=O)N1CCC[C@H]1C(=O)N[C@@H](Cc1ccc(O)cc1)C(=O)NC(N)=N[C@@H](CC(C)C)C(=O)O. The van der Waals surface area contributed by atoms with Crippen LogP contribution >= 0.6 is 0 Å². The minimum Gasteiger partial charge on any atom is -0.508 e. The molecule has 0 aliphatic carbocycles. The molecule has 11 heteroatoms. The Morgan fingerprint density at radius 1 is 1.21 bits per heavy atom. The molecule has 0 spiro atoms. The van der Waals surface area contributed by atoms with Gasteiger partial charge >= 0.3 is 5.97 Å². The lowest BCUT2D eigenvalue weighted by molar-refractivity contribution is -0.139. The van der Waals surface area contributed by atoms with E-state index >= 15 is 0 Å². The van der Waals surface area contributed by atoms with Crippen LogP contribution in [0.25, 0.3) is 0 Å². The van der Waals surface area contributed by atoms with E-state index in [0.717, 1.165) is 0 Å². The van der Waals surface area contributed by atoms with Crippen LogP contribution in [0.5, 0.6) is 5.75 Å². The molecule has 1 saturated heterocycles. The highest BCUT2D eigenvalue weighted by molar-refractivity contribution is 6.01. The van der Waals surface area contributed by atoms with Crippen LogP contribution in [-0.2, 0) is 25.6 Å². The van der Waals surface area contributed by atoms with Gasteiger partial charge in [0.05, 0.1) is 0 Å². The summed E-state index contributed by atoms with van der Waals surface area (Å²) < 4.78 is 0. The number of phenols is 1. The summed E-state index contributed by atoms with van der Waals surface area (Å²) in [6.45, 7) is 5.54. The summed E-state index contributed by atoms with van der Waals surface area (Å²) in [4.78, 5) is 54.6. The molecule has 0 aromatic heterocycles. The minimum atomic E-state index is -1.16. The zero-order valence-electron chi connectivity index (χ0n) is 19.7. The molecule has 1 aromatic carbocycles. The van der Waals surface area contributed by atoms with E-state index in [4.69, 9.17) is 5.73 Å². The largest absolute Gasteiger partial charge is 0.508 e. The van der Waals surface area contributed by atoms with Gasteiger partial charge in [-0.1, -0.05) is 26.0 Å². The highest BCUT2D eigenvalue weighted by Gasteiger charge is 2.34. The van der Waals surface area contributed by atoms with Gasteiger partial charge < -0.3 is 26.2 Å². The fourth-order valence-corrected chi connectivity index (χ4v) is 3.83. The molecule has 0 unspecified atom stereocenters. The number of nitrogens with one attached hydrogen (secondary N) is 2. The van der Waals surface area contributed by atoms with Crippen molar-refractivity contribution >= 4 is 29.7 Å². The number of benzene rings is 1. The maximum absolute atomic E-state index is 13.0. The van der Waals surface area contributed by atoms with E-state index in [1.807, 2.05) is 13.8 Å². The van der Waals surface area contributed by atoms with E-state index in [-0.39, 0.29) is 36.4 Å². The van der Waals surface area contributed by atoms with Gasteiger partial charge in [-0.3, -0.25) is 19.7 Å². The molecule has 3 atom stereocenters. The maximum atomic E-state index is 13.0. The van der Waals surface area contributed by atoms with Gasteiger partial charge in [-0.2, -0.15) is 0 Å². The van der Waals surface area contributed by atoms with E-state index in [1.165, 1.54) is 24.0 Å². The number of carbonyl (C=O) groups excluding carboxylic acids is 3. The van der Waals surface area contributed by atoms with Crippen LogP contribution in [0.15, 0.2) is 29.3 Å². The fraction of sp³-hybridized carbons (Fsp3) is 0.522. The Labute approximate surface area is 198 Å². The second-order valence-corrected chi connectivity index (χ2v) is 8.79. The molecule has 1 aromatic rings. The normalized spacial score (nSPS) is 17.8. The lowest BCUT2D eigenvalue weighted by Gasteiger charge is -2.25. The standard InChI is InChI=1S/C23H33N5O6/c1-13(2)11-18(22(33)34)26-23(24)27-20(31)17(12-15-6-8-16(30)9-7-15)25-21(32)19-5-4-10-28(19)14(3)29/h6-9,13,17-19,30H,4-5,10-12H2,1-3H3,(H,25,32)(H,33,34)(H3,24,26,27,31)/t17-,18-,19-/m0/s1. The number of hydrogen-bond donors (Lipinski definition) is 5. The van der Waals surface area contributed by atoms with E-state index in [9.17, 15) is 29.4 Å². The van der Waals surface area contributed by atoms with Crippen molar-refractivity contribution in [2.45, 2.75) is 64.6 Å². The molecule has 3 amide bonds. The smallest absolute Gasteiger partial charge is 0.328 e. The predicted molar refractivity (Wildman–Crippen MR) is 125 cm³/mol. The Morgan fingerprint density at radius 2 is 1.85 bits per heavy atom. The third-order valence-corrected chi connectivity index (χ3v) is 5.49. The third-order valence-electron chi connectivity index (χ3n) is 5.49. The molecule has 1 aliphatic heterocycles. The van der Waals surface area contributed by atoms with Gasteiger partial charge in [0.25, 0.3) is 0 Å². The van der Waals surface area contributed by atoms with Gasteiger partial charge in [-0.25, -0.2) is 9.79 Å². The predicted octanol–water partition coefficient (Wildman–Crippen LogP) is 0.361. The molecular weight excluding hydrogens is 442 g/mol. The molecule has 1 heterocycles. The summed E-state index contributed by atoms with van der Waals surface area (Å²) in [5.41, 5.74) is 6.47. The van der Waals surface area contributed by atoms with Crippen molar-refractivity contribution in [3.63, 3.8) is 0 Å². The van der Waals surface area contributed by atoms with Gasteiger partial charge in [0, 0.05) is 19.9 Å². The van der Waals surface area contributed by atoms with E-state index < -0.39 is 35.9 Å². The maximum Gasteiger partial charge on any atom is 0.328 e. The number of carboxylic acid groups (broad SMARTS) is 1. The van der Waals surface area contributed by atoms with E-state index in [1.54, 1.807) is 12.1 Å². The number of aliphatic carboxylic acids is 1. The number of likely N-dealkylation sites (tertiary alicyclic amines) is 1. The summed E-state index contributed by atoms with van der Waals surface area (Å²) >= 11 is 0. The first-order valence-corrected chi connectivity index (χ1v) is 11.2. The second-order valence-electron chi connectivity index (χ2n) is 8.79. The van der Waals surface area contributed by atoms with Crippen LogP contribution in [0.4, 0.5) is 0 Å². The van der Waals surface area contributed by atoms with Crippen molar-refractivity contribution in [3.8, 4) is 5.75 Å². The quantitative estimate of drug-likeness (QED) is 0.253. The first-order valence-electron chi connectivity index (χ1n) is 11.2. The van der Waals surface area contributed by atoms with Crippen molar-refractivity contribution in [1.82, 2.24) is 15.5 Å². The number of rotatable bonds is 9. The van der Waals surface area contributed by atoms with Crippen molar-refractivity contribution in [1.29, 1.82) is 0 Å². The highest BCUT2D eigenvalue weighted by Crippen LogP contribution is 2.18. The Bertz CT molecular complexity index is 930. The molecule has 0 saturated carbocycles. The van der Waals surface area contributed by atoms with Gasteiger partial charge in [0.15, 0.2) is 12.0 Å². The fourth-order valence-electron chi connectivity index (χ4n) is 3.83. The summed E-state index contributed by atoms with van der Waals surface area (Å²) in [6, 6.07) is 3.27. The molecule has 11 nitrogen and oxygen atoms in total. The van der Waals surface area contributed by atoms with Crippen molar-refractivity contribution in [2.75, 3.05) is 6.54 Å². The number of carboxylic acids is 1. The molecular formula is C23H33N5O6. The second kappa shape index (κ2) is 12.0. The summed E-state index contributed by atoms with van der Waals surface area (Å²) in [6.07, 6.45) is 1.48. The number of phenolic OH excluding ortho intramolecular Hbond substituents is 1. The molecule has 1 aliphatic rings. The van der Waals surface area contributed by atoms with E-state index in [2.05, 4.69) is 15.6 Å². The van der Waals surface area contributed by atoms with Gasteiger partial charge in [-0.05, 0) is 42.9 Å². The average molecular weight is 476 g/mol. The third kappa shape index (κ3) is 7.75. The summed E-state index contributed by atoms with van der Waals surface area (Å²) in [7, 11) is 0. The Balaban J connectivity index is 2.20. The minimum absolute atomic E-state index is 0.0468. The lowest BCUT2D eigenvalue weighted by Crippen LogP contribution is -2.55. The Hall–Kier alpha value is -3.63. The van der Waals surface area contributed by atoms with Gasteiger partial charge in [0.1, 0.15) is 17.8 Å². The molecule has 1 fully saturated rings. The number of hydrogen-bond acceptors (Lipinski definition) is 6. The molecule has 34 heavy (non-hydrogen) atoms. The lowest BCUT2D eigenvalue weighted by atomic mass is 10.0. The van der Waals surface area contributed by atoms with Crippen molar-refractivity contribution in [3.05, 3.63) is 29.8 Å². The van der Waals surface area contributed by atoms with Crippen LogP contribution in [0.3, 0.4) is 0 Å². The molecule has 0 radical (unpaired) electrons. The summed E-state index contributed by atoms with van der Waals surface area (Å²) in [5.74, 6) is -2.80. The Kier molecular flexibility index (Phi) is 9.40. The molecule has 186 valence electrons. The van der Waals surface area contributed by atoms with Crippen molar-refractivity contribution in [2.24, 2.45) is 16.6 Å².